The third-order valence-corrected chi connectivity index (χ3v) is 5.10. The Labute approximate surface area is 163 Å². The van der Waals surface area contributed by atoms with E-state index >= 15 is 0 Å². The van der Waals surface area contributed by atoms with Crippen LogP contribution < -0.4 is 5.32 Å². The van der Waals surface area contributed by atoms with Crippen LogP contribution >= 0.6 is 0 Å². The van der Waals surface area contributed by atoms with Crippen LogP contribution in [-0.2, 0) is 4.79 Å². The second kappa shape index (κ2) is 7.69. The number of piperidine rings is 1. The Hall–Kier alpha value is -3.40. The van der Waals surface area contributed by atoms with Gasteiger partial charge >= 0.3 is 0 Å². The lowest BCUT2D eigenvalue weighted by Crippen LogP contribution is -2.45. The van der Waals surface area contributed by atoms with Crippen molar-refractivity contribution >= 4 is 22.6 Å². The van der Waals surface area contributed by atoms with Gasteiger partial charge in [-0.15, -0.1) is 0 Å². The molecule has 1 amide bonds. The molecule has 1 atom stereocenters. The number of pyridine rings is 2. The molecule has 0 saturated carbocycles. The minimum Gasteiger partial charge on any atom is -0.379 e. The zero-order valence-electron chi connectivity index (χ0n) is 15.8. The zero-order valence-corrected chi connectivity index (χ0v) is 15.8. The van der Waals surface area contributed by atoms with Gasteiger partial charge in [0.15, 0.2) is 0 Å². The highest BCUT2D eigenvalue weighted by atomic mass is 16.2. The molecule has 0 aromatic carbocycles. The normalized spacial score (nSPS) is 16.7. The predicted molar refractivity (Wildman–Crippen MR) is 108 cm³/mol. The Morgan fingerprint density at radius 2 is 2.32 bits per heavy atom. The first-order valence-electron chi connectivity index (χ1n) is 9.47. The van der Waals surface area contributed by atoms with E-state index in [1.165, 1.54) is 0 Å². The molecule has 0 unspecified atom stereocenters. The molecule has 142 valence electrons. The van der Waals surface area contributed by atoms with Crippen molar-refractivity contribution in [1.82, 2.24) is 19.9 Å². The number of H-pyrrole nitrogens is 1. The molecule has 4 rings (SSSR count). The molecule has 0 spiro atoms. The van der Waals surface area contributed by atoms with Gasteiger partial charge in [0, 0.05) is 48.2 Å². The summed E-state index contributed by atoms with van der Waals surface area (Å²) < 4.78 is 0. The molecule has 4 heterocycles. The molecule has 1 fully saturated rings. The molecule has 28 heavy (non-hydrogen) atoms. The fraction of sp³-hybridized carbons (Fsp3) is 0.333. The Bertz CT molecular complexity index is 1050. The van der Waals surface area contributed by atoms with Crippen molar-refractivity contribution in [2.24, 2.45) is 0 Å². The summed E-state index contributed by atoms with van der Waals surface area (Å²) in [6.45, 7) is 3.27. The number of rotatable bonds is 4. The summed E-state index contributed by atoms with van der Waals surface area (Å²) in [7, 11) is 0. The van der Waals surface area contributed by atoms with E-state index in [2.05, 4.69) is 20.3 Å². The van der Waals surface area contributed by atoms with Crippen LogP contribution in [0.5, 0.6) is 0 Å². The van der Waals surface area contributed by atoms with E-state index in [-0.39, 0.29) is 18.4 Å². The average molecular weight is 374 g/mol. The first kappa shape index (κ1) is 18.0. The standard InChI is InChI=1S/C21H22N6O/c1-14-4-2-6-18(25-14)17-12-24-21-16(8-10-23-21)20(17)26-15-5-3-11-27(13-15)19(28)7-9-22/h2,4,6,8,10,12,15H,3,5,7,11,13H2,1H3,(H2,23,24,26)/t15-/m1/s1. The van der Waals surface area contributed by atoms with E-state index in [1.54, 1.807) is 4.90 Å². The maximum Gasteiger partial charge on any atom is 0.236 e. The van der Waals surface area contributed by atoms with Crippen LogP contribution in [-0.4, -0.2) is 44.9 Å². The fourth-order valence-corrected chi connectivity index (χ4v) is 3.76. The van der Waals surface area contributed by atoms with E-state index in [0.717, 1.165) is 46.5 Å². The summed E-state index contributed by atoms with van der Waals surface area (Å²) in [5.41, 5.74) is 4.54. The summed E-state index contributed by atoms with van der Waals surface area (Å²) in [5, 5.41) is 13.5. The van der Waals surface area contributed by atoms with Crippen LogP contribution in [0.2, 0.25) is 0 Å². The number of hydrogen-bond donors (Lipinski definition) is 2. The van der Waals surface area contributed by atoms with Crippen LogP contribution in [0.1, 0.15) is 25.0 Å². The number of aromatic nitrogens is 3. The van der Waals surface area contributed by atoms with E-state index in [9.17, 15) is 4.79 Å². The largest absolute Gasteiger partial charge is 0.379 e. The first-order chi connectivity index (χ1) is 13.7. The lowest BCUT2D eigenvalue weighted by molar-refractivity contribution is -0.131. The third kappa shape index (κ3) is 3.54. The third-order valence-electron chi connectivity index (χ3n) is 5.10. The lowest BCUT2D eigenvalue weighted by Gasteiger charge is -2.34. The smallest absolute Gasteiger partial charge is 0.236 e. The van der Waals surface area contributed by atoms with Crippen molar-refractivity contribution in [3.63, 3.8) is 0 Å². The number of nitrogens with one attached hydrogen (secondary N) is 2. The Balaban J connectivity index is 1.68. The van der Waals surface area contributed by atoms with Gasteiger partial charge in [-0.2, -0.15) is 5.26 Å². The van der Waals surface area contributed by atoms with E-state index in [4.69, 9.17) is 5.26 Å². The monoisotopic (exact) mass is 374 g/mol. The summed E-state index contributed by atoms with van der Waals surface area (Å²) >= 11 is 0. The predicted octanol–water partition coefficient (Wildman–Crippen LogP) is 3.25. The molecule has 0 bridgehead atoms. The zero-order chi connectivity index (χ0) is 19.5. The number of nitriles is 1. The van der Waals surface area contributed by atoms with E-state index < -0.39 is 0 Å². The minimum atomic E-state index is -0.101. The minimum absolute atomic E-state index is 0.0670. The Morgan fingerprint density at radius 3 is 3.14 bits per heavy atom. The number of carbonyl (C=O) groups is 1. The van der Waals surface area contributed by atoms with Crippen molar-refractivity contribution in [1.29, 1.82) is 5.26 Å². The molecule has 2 N–H and O–H groups in total. The molecular formula is C21H22N6O. The van der Waals surface area contributed by atoms with Crippen LogP contribution in [0, 0.1) is 18.3 Å². The van der Waals surface area contributed by atoms with Gasteiger partial charge < -0.3 is 15.2 Å². The Kier molecular flexibility index (Phi) is 4.94. The second-order valence-corrected chi connectivity index (χ2v) is 7.11. The lowest BCUT2D eigenvalue weighted by atomic mass is 10.0. The van der Waals surface area contributed by atoms with Crippen LogP contribution in [0.3, 0.4) is 0 Å². The molecule has 1 saturated heterocycles. The van der Waals surface area contributed by atoms with Gasteiger partial charge in [-0.25, -0.2) is 4.98 Å². The van der Waals surface area contributed by atoms with Gasteiger partial charge in [-0.3, -0.25) is 9.78 Å². The van der Waals surface area contributed by atoms with Crippen molar-refractivity contribution in [3.05, 3.63) is 42.4 Å². The number of anilines is 1. The van der Waals surface area contributed by atoms with Crippen molar-refractivity contribution in [2.45, 2.75) is 32.2 Å². The highest BCUT2D eigenvalue weighted by molar-refractivity contribution is 5.97. The summed E-state index contributed by atoms with van der Waals surface area (Å²) in [6.07, 6.45) is 5.52. The first-order valence-corrected chi connectivity index (χ1v) is 9.47. The van der Waals surface area contributed by atoms with Crippen molar-refractivity contribution in [2.75, 3.05) is 18.4 Å². The number of aromatic amines is 1. The summed E-state index contributed by atoms with van der Waals surface area (Å²) in [4.78, 5) is 26.3. The van der Waals surface area contributed by atoms with E-state index in [0.29, 0.717) is 13.1 Å². The number of aryl methyl sites for hydroxylation is 1. The maximum absolute atomic E-state index is 12.1. The van der Waals surface area contributed by atoms with Gasteiger partial charge in [-0.1, -0.05) is 6.07 Å². The van der Waals surface area contributed by atoms with Crippen LogP contribution in [0.25, 0.3) is 22.3 Å². The SMILES string of the molecule is Cc1cccc(-c2cnc3[nH]ccc3c2N[C@@H]2CCCN(C(=O)CC#N)C2)n1. The molecular weight excluding hydrogens is 352 g/mol. The molecule has 3 aromatic heterocycles. The Morgan fingerprint density at radius 1 is 1.43 bits per heavy atom. The summed E-state index contributed by atoms with van der Waals surface area (Å²) in [5.74, 6) is -0.101. The maximum atomic E-state index is 12.1. The number of amides is 1. The summed E-state index contributed by atoms with van der Waals surface area (Å²) in [6, 6.07) is 10.0. The molecule has 7 heteroatoms. The molecule has 0 aliphatic carbocycles. The molecule has 1 aliphatic rings. The highest BCUT2D eigenvalue weighted by Gasteiger charge is 2.25. The number of likely N-dealkylation sites (tertiary alicyclic amines) is 1. The highest BCUT2D eigenvalue weighted by Crippen LogP contribution is 2.33. The number of fused-ring (bicyclic) bond motifs is 1. The number of carbonyl (C=O) groups excluding carboxylic acids is 1. The molecule has 7 nitrogen and oxygen atoms in total. The topological polar surface area (TPSA) is 97.7 Å². The molecule has 1 aliphatic heterocycles. The quantitative estimate of drug-likeness (QED) is 0.730. The van der Waals surface area contributed by atoms with Crippen LogP contribution in [0.4, 0.5) is 5.69 Å². The van der Waals surface area contributed by atoms with E-state index in [1.807, 2.05) is 49.7 Å². The second-order valence-electron chi connectivity index (χ2n) is 7.11. The van der Waals surface area contributed by atoms with Crippen molar-refractivity contribution < 1.29 is 4.79 Å². The molecule has 0 radical (unpaired) electrons. The van der Waals surface area contributed by atoms with Crippen molar-refractivity contribution in [3.8, 4) is 17.3 Å². The van der Waals surface area contributed by atoms with Gasteiger partial charge in [-0.05, 0) is 38.0 Å². The fourth-order valence-electron chi connectivity index (χ4n) is 3.76. The van der Waals surface area contributed by atoms with Gasteiger partial charge in [0.1, 0.15) is 12.1 Å². The number of hydrogen-bond acceptors (Lipinski definition) is 5. The average Bonchev–Trinajstić information content (AvgIpc) is 3.18. The number of nitrogens with zero attached hydrogens (tertiary/aromatic N) is 4. The van der Waals surface area contributed by atoms with Crippen LogP contribution in [0.15, 0.2) is 36.7 Å². The molecule has 3 aromatic rings. The van der Waals surface area contributed by atoms with Gasteiger partial charge in [0.2, 0.25) is 5.91 Å². The van der Waals surface area contributed by atoms with Gasteiger partial charge in [0.05, 0.1) is 17.5 Å². The van der Waals surface area contributed by atoms with Gasteiger partial charge in [0.25, 0.3) is 0 Å².